The normalized spacial score (nSPS) is 19.1. The maximum absolute atomic E-state index is 12.0. The van der Waals surface area contributed by atoms with Crippen LogP contribution in [0.2, 0.25) is 0 Å². The first-order valence-electron chi connectivity index (χ1n) is 6.95. The summed E-state index contributed by atoms with van der Waals surface area (Å²) in [5.41, 5.74) is -0.0495. The summed E-state index contributed by atoms with van der Waals surface area (Å²) >= 11 is 0. The average Bonchev–Trinajstić information content (AvgIpc) is 2.64. The first kappa shape index (κ1) is 15.3. The van der Waals surface area contributed by atoms with Crippen LogP contribution in [0, 0.1) is 5.41 Å². The third-order valence-electron chi connectivity index (χ3n) is 3.88. The summed E-state index contributed by atoms with van der Waals surface area (Å²) in [5, 5.41) is 12.1. The molecule has 0 bridgehead atoms. The molecular weight excluding hydrogens is 228 g/mol. The highest BCUT2D eigenvalue weighted by Crippen LogP contribution is 2.28. The number of aliphatic hydroxyl groups excluding tert-OH is 1. The van der Waals surface area contributed by atoms with Gasteiger partial charge in [0.1, 0.15) is 0 Å². The van der Waals surface area contributed by atoms with Crippen LogP contribution in [0.1, 0.15) is 53.4 Å². The molecular formula is C14H28N2O2. The number of carbonyl (C=O) groups excluding carboxylic acids is 1. The highest BCUT2D eigenvalue weighted by Gasteiger charge is 2.35. The van der Waals surface area contributed by atoms with Gasteiger partial charge in [-0.1, -0.05) is 13.8 Å². The number of carbonyl (C=O) groups is 1. The standard InChI is InChI=1S/C14H28N2O2/c1-13(2,11-17)7-5-9-15-12(18)16-10-6-8-14(16,3)4/h17H,5-11H2,1-4H3,(H,15,18). The summed E-state index contributed by atoms with van der Waals surface area (Å²) in [5.74, 6) is 0. The molecule has 106 valence electrons. The van der Waals surface area contributed by atoms with Gasteiger partial charge in [-0.3, -0.25) is 0 Å². The van der Waals surface area contributed by atoms with Crippen molar-refractivity contribution in [2.45, 2.75) is 58.9 Å². The number of aliphatic hydroxyl groups is 1. The van der Waals surface area contributed by atoms with Gasteiger partial charge < -0.3 is 15.3 Å². The van der Waals surface area contributed by atoms with Crippen molar-refractivity contribution in [3.8, 4) is 0 Å². The molecule has 0 unspecified atom stereocenters. The van der Waals surface area contributed by atoms with Crippen LogP contribution in [0.4, 0.5) is 4.79 Å². The molecule has 0 radical (unpaired) electrons. The molecule has 1 heterocycles. The predicted octanol–water partition coefficient (Wildman–Crippen LogP) is 2.37. The van der Waals surface area contributed by atoms with Crippen LogP contribution in [0.3, 0.4) is 0 Å². The first-order valence-corrected chi connectivity index (χ1v) is 6.95. The molecule has 0 aromatic rings. The SMILES string of the molecule is CC(C)(CO)CCCNC(=O)N1CCCC1(C)C. The molecule has 2 N–H and O–H groups in total. The Hall–Kier alpha value is -0.770. The highest BCUT2D eigenvalue weighted by atomic mass is 16.3. The van der Waals surface area contributed by atoms with E-state index in [1.807, 2.05) is 18.7 Å². The number of likely N-dealkylation sites (tertiary alicyclic amines) is 1. The van der Waals surface area contributed by atoms with E-state index in [1.165, 1.54) is 0 Å². The Bertz CT molecular complexity index is 288. The second-order valence-corrected chi connectivity index (χ2v) is 6.73. The van der Waals surface area contributed by atoms with Gasteiger partial charge in [0.2, 0.25) is 0 Å². The third-order valence-corrected chi connectivity index (χ3v) is 3.88. The maximum atomic E-state index is 12.0. The maximum Gasteiger partial charge on any atom is 0.317 e. The summed E-state index contributed by atoms with van der Waals surface area (Å²) in [6.45, 7) is 10.1. The van der Waals surface area contributed by atoms with Gasteiger partial charge in [-0.25, -0.2) is 4.79 Å². The van der Waals surface area contributed by atoms with Crippen LogP contribution in [0.15, 0.2) is 0 Å². The van der Waals surface area contributed by atoms with Gasteiger partial charge in [-0.2, -0.15) is 0 Å². The zero-order chi connectivity index (χ0) is 13.8. The molecule has 18 heavy (non-hydrogen) atoms. The number of hydrogen-bond donors (Lipinski definition) is 2. The van der Waals surface area contributed by atoms with E-state index >= 15 is 0 Å². The largest absolute Gasteiger partial charge is 0.396 e. The minimum Gasteiger partial charge on any atom is -0.396 e. The monoisotopic (exact) mass is 256 g/mol. The Morgan fingerprint density at radius 2 is 2.11 bits per heavy atom. The molecule has 0 spiro atoms. The summed E-state index contributed by atoms with van der Waals surface area (Å²) in [6.07, 6.45) is 4.01. The number of urea groups is 1. The van der Waals surface area contributed by atoms with Crippen LogP contribution in [-0.2, 0) is 0 Å². The van der Waals surface area contributed by atoms with E-state index in [-0.39, 0.29) is 23.6 Å². The van der Waals surface area contributed by atoms with Gasteiger partial charge in [0.25, 0.3) is 0 Å². The predicted molar refractivity (Wildman–Crippen MR) is 73.5 cm³/mol. The zero-order valence-electron chi connectivity index (χ0n) is 12.3. The smallest absolute Gasteiger partial charge is 0.317 e. The number of nitrogens with one attached hydrogen (secondary N) is 1. The van der Waals surface area contributed by atoms with E-state index in [1.54, 1.807) is 0 Å². The molecule has 0 atom stereocenters. The van der Waals surface area contributed by atoms with Crippen molar-refractivity contribution in [3.05, 3.63) is 0 Å². The molecule has 0 saturated carbocycles. The second kappa shape index (κ2) is 5.91. The lowest BCUT2D eigenvalue weighted by Crippen LogP contribution is -2.48. The number of hydrogen-bond acceptors (Lipinski definition) is 2. The molecule has 1 aliphatic rings. The molecule has 1 saturated heterocycles. The molecule has 1 rings (SSSR count). The third kappa shape index (κ3) is 4.16. The van der Waals surface area contributed by atoms with Crippen molar-refractivity contribution in [3.63, 3.8) is 0 Å². The first-order chi connectivity index (χ1) is 8.28. The van der Waals surface area contributed by atoms with E-state index in [0.717, 1.165) is 32.2 Å². The lowest BCUT2D eigenvalue weighted by Gasteiger charge is -2.31. The Kier molecular flexibility index (Phi) is 5.02. The molecule has 0 aromatic heterocycles. The molecule has 4 heteroatoms. The second-order valence-electron chi connectivity index (χ2n) is 6.73. The van der Waals surface area contributed by atoms with E-state index in [9.17, 15) is 4.79 Å². The Morgan fingerprint density at radius 1 is 1.44 bits per heavy atom. The fourth-order valence-electron chi connectivity index (χ4n) is 2.42. The van der Waals surface area contributed by atoms with Crippen LogP contribution in [0.25, 0.3) is 0 Å². The van der Waals surface area contributed by atoms with Crippen LogP contribution in [-0.4, -0.2) is 41.3 Å². The van der Waals surface area contributed by atoms with Crippen molar-refractivity contribution in [2.75, 3.05) is 19.7 Å². The van der Waals surface area contributed by atoms with E-state index in [4.69, 9.17) is 5.11 Å². The van der Waals surface area contributed by atoms with Gasteiger partial charge in [0.15, 0.2) is 0 Å². The van der Waals surface area contributed by atoms with E-state index < -0.39 is 0 Å². The van der Waals surface area contributed by atoms with Crippen LogP contribution in [0.5, 0.6) is 0 Å². The molecule has 1 fully saturated rings. The lowest BCUT2D eigenvalue weighted by atomic mass is 9.89. The number of amides is 2. The van der Waals surface area contributed by atoms with Crippen molar-refractivity contribution < 1.29 is 9.90 Å². The minimum atomic E-state index is -0.0440. The Labute approximate surface area is 111 Å². The number of nitrogens with zero attached hydrogens (tertiary/aromatic N) is 1. The van der Waals surface area contributed by atoms with Crippen LogP contribution < -0.4 is 5.32 Å². The quantitative estimate of drug-likeness (QED) is 0.742. The summed E-state index contributed by atoms with van der Waals surface area (Å²) < 4.78 is 0. The topological polar surface area (TPSA) is 52.6 Å². The van der Waals surface area contributed by atoms with Crippen molar-refractivity contribution >= 4 is 6.03 Å². The zero-order valence-corrected chi connectivity index (χ0v) is 12.3. The van der Waals surface area contributed by atoms with Crippen molar-refractivity contribution in [1.82, 2.24) is 10.2 Å². The fourth-order valence-corrected chi connectivity index (χ4v) is 2.42. The average molecular weight is 256 g/mol. The van der Waals surface area contributed by atoms with Crippen LogP contribution >= 0.6 is 0 Å². The van der Waals surface area contributed by atoms with Gasteiger partial charge >= 0.3 is 6.03 Å². The fraction of sp³-hybridized carbons (Fsp3) is 0.929. The van der Waals surface area contributed by atoms with E-state index in [0.29, 0.717) is 6.54 Å². The lowest BCUT2D eigenvalue weighted by molar-refractivity contribution is 0.145. The van der Waals surface area contributed by atoms with E-state index in [2.05, 4.69) is 19.2 Å². The summed E-state index contributed by atoms with van der Waals surface area (Å²) in [7, 11) is 0. The Morgan fingerprint density at radius 3 is 2.61 bits per heavy atom. The van der Waals surface area contributed by atoms with Gasteiger partial charge in [-0.15, -0.1) is 0 Å². The molecule has 4 nitrogen and oxygen atoms in total. The van der Waals surface area contributed by atoms with Crippen molar-refractivity contribution in [1.29, 1.82) is 0 Å². The molecule has 0 aromatic carbocycles. The molecule has 0 aliphatic carbocycles. The van der Waals surface area contributed by atoms with Gasteiger partial charge in [0.05, 0.1) is 0 Å². The van der Waals surface area contributed by atoms with Gasteiger partial charge in [-0.05, 0) is 44.9 Å². The summed E-state index contributed by atoms with van der Waals surface area (Å²) in [6, 6.07) is 0.0549. The minimum absolute atomic E-state index is 0.00550. The number of rotatable bonds is 5. The summed E-state index contributed by atoms with van der Waals surface area (Å²) in [4.78, 5) is 14.0. The van der Waals surface area contributed by atoms with Crippen molar-refractivity contribution in [2.24, 2.45) is 5.41 Å². The molecule has 2 amide bonds. The highest BCUT2D eigenvalue weighted by molar-refractivity contribution is 5.75. The molecule has 1 aliphatic heterocycles. The Balaban J connectivity index is 2.26. The van der Waals surface area contributed by atoms with Gasteiger partial charge in [0, 0.05) is 25.2 Å².